The van der Waals surface area contributed by atoms with Crippen molar-refractivity contribution < 1.29 is 28.7 Å². The molecule has 0 rings (SSSR count). The quantitative estimate of drug-likeness (QED) is 0.287. The van der Waals surface area contributed by atoms with Crippen molar-refractivity contribution in [2.75, 3.05) is 0 Å². The first-order valence-electron chi connectivity index (χ1n) is 1.83. The summed E-state index contributed by atoms with van der Waals surface area (Å²) in [5, 5.41) is 0. The summed E-state index contributed by atoms with van der Waals surface area (Å²) in [4.78, 5) is 36.1. The van der Waals surface area contributed by atoms with Gasteiger partial charge in [0.1, 0.15) is 0 Å². The number of hydrogen-bond donors (Lipinski definition) is 0. The Bertz CT molecular complexity index is 186. The summed E-state index contributed by atoms with van der Waals surface area (Å²) < 4.78 is 19.5. The van der Waals surface area contributed by atoms with E-state index in [2.05, 4.69) is 11.6 Å². The molecule has 0 saturated carbocycles. The third kappa shape index (κ3) is 7.52. The van der Waals surface area contributed by atoms with E-state index in [1.54, 1.807) is 0 Å². The molecule has 0 aromatic rings. The second kappa shape index (κ2) is 6.58. The van der Waals surface area contributed by atoms with E-state index in [1.807, 2.05) is 0 Å². The minimum atomic E-state index is -5.50. The monoisotopic (exact) mass is 254 g/mol. The molecule has 0 aromatic heterocycles. The molecular weight excluding hydrogens is 254 g/mol. The molecule has 0 bridgehead atoms. The van der Waals surface area contributed by atoms with Gasteiger partial charge in [-0.3, -0.25) is 0 Å². The van der Waals surface area contributed by atoms with Crippen LogP contribution in [0.5, 0.6) is 0 Å². The van der Waals surface area contributed by atoms with Crippen molar-refractivity contribution in [1.29, 1.82) is 0 Å². The molecule has 0 atom stereocenters. The summed E-state index contributed by atoms with van der Waals surface area (Å²) in [6.45, 7) is 0. The maximum absolute atomic E-state index is 9.75. The van der Waals surface area contributed by atoms with Gasteiger partial charge >= 0.3 is 46.1 Å². The van der Waals surface area contributed by atoms with Crippen molar-refractivity contribution in [1.82, 2.24) is 0 Å². The molecule has 0 unspecified atom stereocenters. The second-order valence-corrected chi connectivity index (χ2v) is 6.03. The van der Waals surface area contributed by atoms with Crippen LogP contribution in [-0.4, -0.2) is 51.0 Å². The molecule has 0 aliphatic rings. The third-order valence-corrected chi connectivity index (χ3v) is 4.70. The summed E-state index contributed by atoms with van der Waals surface area (Å²) in [5.74, 6) is 0. The van der Waals surface area contributed by atoms with E-state index in [9.17, 15) is 28.7 Å². The van der Waals surface area contributed by atoms with Crippen LogP contribution in [0, 0.1) is 0 Å². The van der Waals surface area contributed by atoms with Crippen LogP contribution < -0.4 is 19.6 Å². The fourth-order valence-electron chi connectivity index (χ4n) is 0.173. The molecule has 0 aromatic carbocycles. The van der Waals surface area contributed by atoms with Gasteiger partial charge in [0.05, 0.1) is 4.86 Å². The summed E-state index contributed by atoms with van der Waals surface area (Å²) >= 11 is 4.46. The van der Waals surface area contributed by atoms with E-state index in [1.165, 1.54) is 0 Å². The van der Waals surface area contributed by atoms with E-state index in [-0.39, 0.29) is 46.1 Å². The Kier molecular flexibility index (Phi) is 10.8. The Morgan fingerprint density at radius 1 is 0.917 bits per heavy atom. The fourth-order valence-corrected chi connectivity index (χ4v) is 1.56. The number of halogens is 1. The van der Waals surface area contributed by atoms with Gasteiger partial charge < -0.3 is 28.7 Å². The summed E-state index contributed by atoms with van der Waals surface area (Å²) in [5.41, 5.74) is 0. The number of hydrogen-bond acceptors (Lipinski definition) is 6. The van der Waals surface area contributed by atoms with Gasteiger partial charge in [-0.05, 0) is 15.2 Å². The first kappa shape index (κ1) is 19.7. The van der Waals surface area contributed by atoms with Gasteiger partial charge in [0.25, 0.3) is 0 Å². The van der Waals surface area contributed by atoms with E-state index < -0.39 is 20.1 Å². The van der Waals surface area contributed by atoms with Crippen molar-refractivity contribution in [3.63, 3.8) is 0 Å². The van der Waals surface area contributed by atoms with E-state index >= 15 is 0 Å². The minimum Gasteiger partial charge on any atom is -0.809 e. The zero-order valence-electron chi connectivity index (χ0n) is 5.71. The maximum atomic E-state index is 9.75. The summed E-state index contributed by atoms with van der Waals surface area (Å²) in [7, 11) is -11.0. The average Bonchev–Trinajstić information content (AvgIpc) is 1.59. The van der Waals surface area contributed by atoms with Gasteiger partial charge in [-0.1, -0.05) is 0 Å². The van der Waals surface area contributed by atoms with E-state index in [4.69, 9.17) is 0 Å². The van der Waals surface area contributed by atoms with Crippen molar-refractivity contribution in [2.45, 2.75) is 4.86 Å². The van der Waals surface area contributed by atoms with Crippen molar-refractivity contribution in [2.24, 2.45) is 0 Å². The molecule has 12 heavy (non-hydrogen) atoms. The van der Waals surface area contributed by atoms with Gasteiger partial charge in [-0.2, -0.15) is 0 Å². The van der Waals surface area contributed by atoms with Gasteiger partial charge in [0.15, 0.2) is 0 Å². The summed E-state index contributed by atoms with van der Waals surface area (Å²) in [6.07, 6.45) is 0. The van der Waals surface area contributed by atoms with Crippen molar-refractivity contribution in [3.05, 3.63) is 0 Å². The second-order valence-electron chi connectivity index (χ2n) is 1.39. The molecule has 0 amide bonds. The van der Waals surface area contributed by atoms with Crippen LogP contribution in [0.3, 0.4) is 0 Å². The van der Waals surface area contributed by atoms with Crippen molar-refractivity contribution >= 4 is 72.9 Å². The molecule has 0 saturated heterocycles. The Morgan fingerprint density at radius 2 is 1.08 bits per heavy atom. The maximum Gasteiger partial charge on any atom is 2.00 e. The Hall–Kier alpha value is 2.12. The van der Waals surface area contributed by atoms with E-state index in [0.717, 1.165) is 0 Å². The predicted octanol–water partition coefficient (Wildman–Crippen LogP) is -3.43. The van der Waals surface area contributed by atoms with Crippen LogP contribution in [0.25, 0.3) is 0 Å². The molecule has 0 aliphatic heterocycles. The van der Waals surface area contributed by atoms with E-state index in [0.29, 0.717) is 0 Å². The zero-order valence-corrected chi connectivity index (χ0v) is 11.1. The minimum absolute atomic E-state index is 0. The Labute approximate surface area is 106 Å². The van der Waals surface area contributed by atoms with Crippen LogP contribution >= 0.6 is 26.8 Å². The Balaban J connectivity index is -0.000000405. The summed E-state index contributed by atoms with van der Waals surface area (Å²) in [6, 6.07) is 0. The standard InChI is InChI=1S/CH5ClO6P2.2Mg/c2-1(9(3,4)5)10(6,7)8;;/h1H,(H2,3,4,5)(H2,6,7,8);;/q;2*+2/p-4. The molecule has 0 fully saturated rings. The molecule has 6 nitrogen and oxygen atoms in total. The van der Waals surface area contributed by atoms with Crippen LogP contribution in [0.1, 0.15) is 0 Å². The molecule has 0 heterocycles. The molecule has 0 spiro atoms. The largest absolute Gasteiger partial charge is 2.00 e. The molecule has 62 valence electrons. The van der Waals surface area contributed by atoms with Gasteiger partial charge in [-0.25, -0.2) is 0 Å². The number of alkyl halides is 1. The van der Waals surface area contributed by atoms with Gasteiger partial charge in [0.2, 0.25) is 0 Å². The molecular formula is CHClMg2O6P2. The molecule has 0 aliphatic carbocycles. The van der Waals surface area contributed by atoms with Gasteiger partial charge in [-0.15, -0.1) is 11.6 Å². The van der Waals surface area contributed by atoms with Gasteiger partial charge in [0, 0.05) is 0 Å². The molecule has 11 heteroatoms. The zero-order chi connectivity index (χ0) is 8.58. The molecule has 0 N–H and O–H groups in total. The van der Waals surface area contributed by atoms with Crippen LogP contribution in [-0.2, 0) is 9.13 Å². The smallest absolute Gasteiger partial charge is 0.809 e. The topological polar surface area (TPSA) is 126 Å². The van der Waals surface area contributed by atoms with Crippen molar-refractivity contribution in [3.8, 4) is 0 Å². The molecule has 0 radical (unpaired) electrons. The van der Waals surface area contributed by atoms with Crippen LogP contribution in [0.4, 0.5) is 0 Å². The predicted molar refractivity (Wildman–Crippen MR) is 36.4 cm³/mol. The van der Waals surface area contributed by atoms with Crippen LogP contribution in [0.2, 0.25) is 0 Å². The SMILES string of the molecule is O=P([O-])([O-])C(Cl)P(=O)([O-])[O-].[Mg+2].[Mg+2]. The first-order chi connectivity index (χ1) is 4.15. The third-order valence-electron chi connectivity index (χ3n) is 0.522. The number of rotatable bonds is 2. The Morgan fingerprint density at radius 3 is 1.08 bits per heavy atom. The average molecular weight is 255 g/mol. The first-order valence-corrected chi connectivity index (χ1v) is 5.49. The fraction of sp³-hybridized carbons (Fsp3) is 1.00. The van der Waals surface area contributed by atoms with Crippen LogP contribution in [0.15, 0.2) is 0 Å². The normalized spacial score (nSPS) is 11.8.